The van der Waals surface area contributed by atoms with Crippen LogP contribution in [0.4, 0.5) is 19.0 Å². The van der Waals surface area contributed by atoms with Gasteiger partial charge in [-0.2, -0.15) is 13.2 Å². The van der Waals surface area contributed by atoms with Crippen molar-refractivity contribution in [3.8, 4) is 11.5 Å². The Morgan fingerprint density at radius 3 is 2.38 bits per heavy atom. The lowest BCUT2D eigenvalue weighted by atomic mass is 10.1. The number of aromatic nitrogens is 2. The van der Waals surface area contributed by atoms with E-state index in [4.69, 9.17) is 9.47 Å². The second-order valence-corrected chi connectivity index (χ2v) is 5.72. The van der Waals surface area contributed by atoms with Crippen LogP contribution < -0.4 is 14.8 Å². The number of nitrogens with one attached hydrogen (secondary N) is 1. The first kappa shape index (κ1) is 16.6. The first-order valence-corrected chi connectivity index (χ1v) is 7.70. The summed E-state index contributed by atoms with van der Waals surface area (Å²) < 4.78 is 50.0. The van der Waals surface area contributed by atoms with Crippen LogP contribution in [-0.2, 0) is 6.18 Å². The summed E-state index contributed by atoms with van der Waals surface area (Å²) in [7, 11) is 2.80. The van der Waals surface area contributed by atoms with Gasteiger partial charge in [0.1, 0.15) is 11.3 Å². The summed E-state index contributed by atoms with van der Waals surface area (Å²) in [6.45, 7) is 0. The van der Waals surface area contributed by atoms with E-state index in [1.54, 1.807) is 12.1 Å². The predicted octanol–water partition coefficient (Wildman–Crippen LogP) is 4.02. The number of fused-ring (bicyclic) bond motifs is 1. The number of ether oxygens (including phenoxy) is 2. The molecule has 5 nitrogen and oxygen atoms in total. The van der Waals surface area contributed by atoms with E-state index in [1.165, 1.54) is 14.2 Å². The molecule has 8 heteroatoms. The molecule has 1 aromatic carbocycles. The molecule has 0 bridgehead atoms. The van der Waals surface area contributed by atoms with E-state index in [2.05, 4.69) is 15.3 Å². The maximum atomic E-state index is 13.2. The van der Waals surface area contributed by atoms with E-state index >= 15 is 0 Å². The zero-order chi connectivity index (χ0) is 17.3. The summed E-state index contributed by atoms with van der Waals surface area (Å²) in [6.07, 6.45) is -0.692. The molecule has 2 aromatic rings. The molecular formula is C16H18F3N3O2. The van der Waals surface area contributed by atoms with Crippen molar-refractivity contribution in [2.75, 3.05) is 19.5 Å². The number of methoxy groups -OCH3 is 2. The molecule has 1 aliphatic carbocycles. The predicted molar refractivity (Wildman–Crippen MR) is 83.5 cm³/mol. The van der Waals surface area contributed by atoms with Crippen LogP contribution in [0.3, 0.4) is 0 Å². The monoisotopic (exact) mass is 341 g/mol. The lowest BCUT2D eigenvalue weighted by Gasteiger charge is -2.18. The van der Waals surface area contributed by atoms with Crippen molar-refractivity contribution < 1.29 is 22.6 Å². The van der Waals surface area contributed by atoms with Crippen LogP contribution in [0.25, 0.3) is 10.9 Å². The van der Waals surface area contributed by atoms with Gasteiger partial charge in [-0.15, -0.1) is 0 Å². The molecule has 1 heterocycles. The van der Waals surface area contributed by atoms with Crippen molar-refractivity contribution in [3.05, 3.63) is 18.0 Å². The van der Waals surface area contributed by atoms with Crippen LogP contribution in [0.1, 0.15) is 31.5 Å². The Morgan fingerprint density at radius 2 is 1.79 bits per heavy atom. The number of hydrogen-bond donors (Lipinski definition) is 1. The lowest BCUT2D eigenvalue weighted by molar-refractivity contribution is -0.144. The maximum Gasteiger partial charge on any atom is 0.451 e. The maximum absolute atomic E-state index is 13.2. The molecule has 0 spiro atoms. The summed E-state index contributed by atoms with van der Waals surface area (Å²) in [4.78, 5) is 7.40. The highest BCUT2D eigenvalue weighted by molar-refractivity contribution is 5.95. The lowest BCUT2D eigenvalue weighted by Crippen LogP contribution is -2.19. The van der Waals surface area contributed by atoms with E-state index in [-0.39, 0.29) is 23.1 Å². The second kappa shape index (κ2) is 6.33. The number of alkyl halides is 3. The van der Waals surface area contributed by atoms with E-state index < -0.39 is 12.0 Å². The van der Waals surface area contributed by atoms with Gasteiger partial charge < -0.3 is 14.8 Å². The van der Waals surface area contributed by atoms with Crippen molar-refractivity contribution in [3.63, 3.8) is 0 Å². The van der Waals surface area contributed by atoms with Crippen molar-refractivity contribution in [2.45, 2.75) is 37.9 Å². The van der Waals surface area contributed by atoms with Gasteiger partial charge in [-0.3, -0.25) is 0 Å². The molecule has 0 aliphatic heterocycles. The average Bonchev–Trinajstić information content (AvgIpc) is 3.05. The number of nitrogens with zero attached hydrogens (tertiary/aromatic N) is 2. The van der Waals surface area contributed by atoms with Crippen molar-refractivity contribution in [1.29, 1.82) is 0 Å². The first-order chi connectivity index (χ1) is 11.4. The highest BCUT2D eigenvalue weighted by atomic mass is 19.4. The molecule has 0 amide bonds. The van der Waals surface area contributed by atoms with Gasteiger partial charge >= 0.3 is 6.18 Å². The van der Waals surface area contributed by atoms with Gasteiger partial charge in [0.2, 0.25) is 5.82 Å². The Morgan fingerprint density at radius 1 is 1.08 bits per heavy atom. The Balaban J connectivity index is 2.20. The third kappa shape index (κ3) is 3.05. The van der Waals surface area contributed by atoms with Crippen LogP contribution in [0.2, 0.25) is 0 Å². The molecular weight excluding hydrogens is 323 g/mol. The summed E-state index contributed by atoms with van der Waals surface area (Å²) in [5.41, 5.74) is 0.0830. The van der Waals surface area contributed by atoms with Crippen molar-refractivity contribution >= 4 is 16.7 Å². The Bertz CT molecular complexity index is 743. The molecule has 3 rings (SSSR count). The molecule has 0 unspecified atom stereocenters. The fraction of sp³-hybridized carbons (Fsp3) is 0.500. The smallest absolute Gasteiger partial charge is 0.451 e. The number of halogens is 3. The number of benzene rings is 1. The summed E-state index contributed by atoms with van der Waals surface area (Å²) in [5, 5.41) is 3.62. The number of rotatable bonds is 4. The topological polar surface area (TPSA) is 56.3 Å². The first-order valence-electron chi connectivity index (χ1n) is 7.70. The quantitative estimate of drug-likeness (QED) is 0.910. The summed E-state index contributed by atoms with van der Waals surface area (Å²) in [5.74, 6) is -0.525. The highest BCUT2D eigenvalue weighted by Gasteiger charge is 2.36. The van der Waals surface area contributed by atoms with Gasteiger partial charge in [0.25, 0.3) is 0 Å². The fourth-order valence-electron chi connectivity index (χ4n) is 3.01. The van der Waals surface area contributed by atoms with Gasteiger partial charge in [-0.1, -0.05) is 12.8 Å². The van der Waals surface area contributed by atoms with E-state index in [0.29, 0.717) is 11.1 Å². The molecule has 1 N–H and O–H groups in total. The van der Waals surface area contributed by atoms with E-state index in [9.17, 15) is 13.2 Å². The molecule has 24 heavy (non-hydrogen) atoms. The minimum Gasteiger partial charge on any atom is -0.493 e. The molecule has 1 aliphatic rings. The molecule has 0 radical (unpaired) electrons. The van der Waals surface area contributed by atoms with Crippen LogP contribution in [0.5, 0.6) is 11.5 Å². The minimum atomic E-state index is -4.64. The zero-order valence-corrected chi connectivity index (χ0v) is 13.4. The summed E-state index contributed by atoms with van der Waals surface area (Å²) in [6, 6.07) is 3.41. The SMILES string of the molecule is COc1ccc2c(NC3CCCC3)nc(C(F)(F)F)nc2c1OC. The Hall–Kier alpha value is -2.25. The molecule has 1 fully saturated rings. The van der Waals surface area contributed by atoms with Gasteiger partial charge in [0.05, 0.1) is 14.2 Å². The van der Waals surface area contributed by atoms with Crippen LogP contribution >= 0.6 is 0 Å². The molecule has 130 valence electrons. The van der Waals surface area contributed by atoms with Gasteiger partial charge in [0, 0.05) is 11.4 Å². The van der Waals surface area contributed by atoms with Crippen LogP contribution in [-0.4, -0.2) is 30.2 Å². The molecule has 1 aromatic heterocycles. The Kier molecular flexibility index (Phi) is 4.38. The largest absolute Gasteiger partial charge is 0.493 e. The van der Waals surface area contributed by atoms with Gasteiger partial charge in [-0.05, 0) is 25.0 Å². The van der Waals surface area contributed by atoms with Gasteiger partial charge in [-0.25, -0.2) is 9.97 Å². The Labute approximate surface area is 137 Å². The molecule has 0 saturated heterocycles. The minimum absolute atomic E-state index is 0.0830. The highest BCUT2D eigenvalue weighted by Crippen LogP contribution is 2.39. The number of anilines is 1. The van der Waals surface area contributed by atoms with Crippen LogP contribution in [0.15, 0.2) is 12.1 Å². The number of hydrogen-bond acceptors (Lipinski definition) is 5. The standard InChI is InChI=1S/C16H18F3N3O2/c1-23-11-8-7-10-12(13(11)24-2)21-15(16(17,18)19)22-14(10)20-9-5-3-4-6-9/h7-9H,3-6H2,1-2H3,(H,20,21,22). The zero-order valence-electron chi connectivity index (χ0n) is 13.4. The third-order valence-corrected chi connectivity index (χ3v) is 4.16. The fourth-order valence-corrected chi connectivity index (χ4v) is 3.01. The average molecular weight is 341 g/mol. The van der Waals surface area contributed by atoms with Crippen molar-refractivity contribution in [2.24, 2.45) is 0 Å². The molecule has 1 saturated carbocycles. The second-order valence-electron chi connectivity index (χ2n) is 5.72. The normalized spacial score (nSPS) is 15.7. The van der Waals surface area contributed by atoms with Gasteiger partial charge in [0.15, 0.2) is 11.5 Å². The van der Waals surface area contributed by atoms with Crippen LogP contribution in [0, 0.1) is 0 Å². The van der Waals surface area contributed by atoms with E-state index in [1.807, 2.05) is 0 Å². The molecule has 0 atom stereocenters. The van der Waals surface area contributed by atoms with E-state index in [0.717, 1.165) is 25.7 Å². The van der Waals surface area contributed by atoms with Crippen molar-refractivity contribution in [1.82, 2.24) is 9.97 Å². The third-order valence-electron chi connectivity index (χ3n) is 4.16. The summed E-state index contributed by atoms with van der Waals surface area (Å²) >= 11 is 0.